The number of thiazole rings is 1. The standard InChI is InChI=1S/C13H16N2OS/c1-16-13-15-10-12(17-13)9-14-8-7-11-5-3-2-4-6-11/h2-6,10,14H,7-9H2,1H3. The lowest BCUT2D eigenvalue weighted by Gasteiger charge is -2.02. The molecular formula is C13H16N2OS. The maximum Gasteiger partial charge on any atom is 0.273 e. The van der Waals surface area contributed by atoms with E-state index in [1.54, 1.807) is 18.4 Å². The number of nitrogens with one attached hydrogen (secondary N) is 1. The van der Waals surface area contributed by atoms with Crippen molar-refractivity contribution in [1.82, 2.24) is 10.3 Å². The van der Waals surface area contributed by atoms with Gasteiger partial charge in [0.15, 0.2) is 0 Å². The molecule has 0 atom stereocenters. The largest absolute Gasteiger partial charge is 0.473 e. The summed E-state index contributed by atoms with van der Waals surface area (Å²) < 4.78 is 5.05. The fourth-order valence-corrected chi connectivity index (χ4v) is 2.25. The van der Waals surface area contributed by atoms with Crippen molar-refractivity contribution in [3.63, 3.8) is 0 Å². The zero-order chi connectivity index (χ0) is 11.9. The van der Waals surface area contributed by atoms with Crippen LogP contribution in [0.25, 0.3) is 0 Å². The zero-order valence-electron chi connectivity index (χ0n) is 9.85. The molecule has 2 aromatic rings. The summed E-state index contributed by atoms with van der Waals surface area (Å²) in [5.41, 5.74) is 1.36. The fourth-order valence-electron chi connectivity index (χ4n) is 1.55. The number of aromatic nitrogens is 1. The van der Waals surface area contributed by atoms with Gasteiger partial charge in [-0.05, 0) is 18.5 Å². The first kappa shape index (κ1) is 12.1. The summed E-state index contributed by atoms with van der Waals surface area (Å²) in [5, 5.41) is 4.13. The Morgan fingerprint density at radius 2 is 2.12 bits per heavy atom. The predicted octanol–water partition coefficient (Wildman–Crippen LogP) is 2.48. The van der Waals surface area contributed by atoms with E-state index in [0.29, 0.717) is 0 Å². The quantitative estimate of drug-likeness (QED) is 0.797. The molecule has 0 saturated heterocycles. The molecule has 0 spiro atoms. The zero-order valence-corrected chi connectivity index (χ0v) is 10.7. The number of hydrogen-bond donors (Lipinski definition) is 1. The van der Waals surface area contributed by atoms with Gasteiger partial charge < -0.3 is 10.1 Å². The van der Waals surface area contributed by atoms with Crippen LogP contribution in [0.5, 0.6) is 5.19 Å². The highest BCUT2D eigenvalue weighted by molar-refractivity contribution is 7.13. The van der Waals surface area contributed by atoms with Crippen molar-refractivity contribution in [2.24, 2.45) is 0 Å². The number of hydrogen-bond acceptors (Lipinski definition) is 4. The van der Waals surface area contributed by atoms with Crippen molar-refractivity contribution in [1.29, 1.82) is 0 Å². The van der Waals surface area contributed by atoms with Gasteiger partial charge in [0.25, 0.3) is 5.19 Å². The molecule has 0 fully saturated rings. The second kappa shape index (κ2) is 6.37. The van der Waals surface area contributed by atoms with Crippen molar-refractivity contribution in [3.05, 3.63) is 47.0 Å². The second-order valence-electron chi connectivity index (χ2n) is 3.71. The van der Waals surface area contributed by atoms with E-state index in [-0.39, 0.29) is 0 Å². The molecule has 1 aromatic carbocycles. The minimum atomic E-state index is 0.727. The molecule has 0 aliphatic carbocycles. The Hall–Kier alpha value is -1.39. The van der Waals surface area contributed by atoms with Gasteiger partial charge in [0.2, 0.25) is 0 Å². The van der Waals surface area contributed by atoms with E-state index in [0.717, 1.165) is 24.7 Å². The van der Waals surface area contributed by atoms with Gasteiger partial charge in [-0.2, -0.15) is 0 Å². The molecule has 17 heavy (non-hydrogen) atoms. The third kappa shape index (κ3) is 3.84. The minimum absolute atomic E-state index is 0.727. The monoisotopic (exact) mass is 248 g/mol. The third-order valence-corrected chi connectivity index (χ3v) is 3.40. The molecule has 0 unspecified atom stereocenters. The Kier molecular flexibility index (Phi) is 4.53. The molecule has 1 heterocycles. The summed E-state index contributed by atoms with van der Waals surface area (Å²) in [7, 11) is 1.64. The molecular weight excluding hydrogens is 232 g/mol. The van der Waals surface area contributed by atoms with Crippen molar-refractivity contribution in [2.75, 3.05) is 13.7 Å². The summed E-state index contributed by atoms with van der Waals surface area (Å²) in [4.78, 5) is 5.33. The smallest absolute Gasteiger partial charge is 0.273 e. The molecule has 0 amide bonds. The molecule has 0 saturated carbocycles. The molecule has 0 aliphatic heterocycles. The third-order valence-electron chi connectivity index (χ3n) is 2.44. The van der Waals surface area contributed by atoms with Crippen LogP contribution < -0.4 is 10.1 Å². The lowest BCUT2D eigenvalue weighted by Crippen LogP contribution is -2.15. The predicted molar refractivity (Wildman–Crippen MR) is 70.5 cm³/mol. The number of ether oxygens (including phenoxy) is 1. The summed E-state index contributed by atoms with van der Waals surface area (Å²) >= 11 is 1.58. The van der Waals surface area contributed by atoms with E-state index >= 15 is 0 Å². The molecule has 3 nitrogen and oxygen atoms in total. The lowest BCUT2D eigenvalue weighted by molar-refractivity contribution is 0.412. The van der Waals surface area contributed by atoms with Gasteiger partial charge in [0.1, 0.15) is 0 Å². The van der Waals surface area contributed by atoms with Gasteiger partial charge in [0, 0.05) is 17.6 Å². The molecule has 90 valence electrons. The Labute approximate surface area is 105 Å². The summed E-state index contributed by atoms with van der Waals surface area (Å²) in [5.74, 6) is 0. The topological polar surface area (TPSA) is 34.1 Å². The fraction of sp³-hybridized carbons (Fsp3) is 0.308. The first-order valence-electron chi connectivity index (χ1n) is 5.62. The SMILES string of the molecule is COc1ncc(CNCCc2ccccc2)s1. The van der Waals surface area contributed by atoms with Gasteiger partial charge in [-0.25, -0.2) is 4.98 Å². The van der Waals surface area contributed by atoms with E-state index in [1.807, 2.05) is 12.3 Å². The van der Waals surface area contributed by atoms with E-state index in [4.69, 9.17) is 4.74 Å². The highest BCUT2D eigenvalue weighted by atomic mass is 32.1. The number of benzene rings is 1. The van der Waals surface area contributed by atoms with Crippen LogP contribution in [0.15, 0.2) is 36.5 Å². The minimum Gasteiger partial charge on any atom is -0.473 e. The number of nitrogens with zero attached hydrogens (tertiary/aromatic N) is 1. The van der Waals surface area contributed by atoms with Crippen molar-refractivity contribution in [3.8, 4) is 5.19 Å². The van der Waals surface area contributed by atoms with Crippen LogP contribution in [0.2, 0.25) is 0 Å². The van der Waals surface area contributed by atoms with E-state index in [2.05, 4.69) is 34.6 Å². The average molecular weight is 248 g/mol. The van der Waals surface area contributed by atoms with E-state index < -0.39 is 0 Å². The number of rotatable bonds is 6. The lowest BCUT2D eigenvalue weighted by atomic mass is 10.1. The van der Waals surface area contributed by atoms with Crippen molar-refractivity contribution < 1.29 is 4.74 Å². The molecule has 2 rings (SSSR count). The van der Waals surface area contributed by atoms with Gasteiger partial charge in [-0.15, -0.1) is 0 Å². The highest BCUT2D eigenvalue weighted by Gasteiger charge is 2.00. The Balaban J connectivity index is 1.69. The van der Waals surface area contributed by atoms with Crippen LogP contribution >= 0.6 is 11.3 Å². The molecule has 1 N–H and O–H groups in total. The van der Waals surface area contributed by atoms with Crippen LogP contribution in [-0.4, -0.2) is 18.6 Å². The maximum absolute atomic E-state index is 5.05. The Morgan fingerprint density at radius 1 is 1.29 bits per heavy atom. The van der Waals surface area contributed by atoms with Crippen LogP contribution in [0, 0.1) is 0 Å². The van der Waals surface area contributed by atoms with Crippen LogP contribution in [0.4, 0.5) is 0 Å². The van der Waals surface area contributed by atoms with Gasteiger partial charge in [0.05, 0.1) is 7.11 Å². The molecule has 0 aliphatic rings. The average Bonchev–Trinajstić information content (AvgIpc) is 2.84. The molecule has 4 heteroatoms. The summed E-state index contributed by atoms with van der Waals surface area (Å²) in [6, 6.07) is 10.5. The first-order valence-corrected chi connectivity index (χ1v) is 6.43. The summed E-state index contributed by atoms with van der Waals surface area (Å²) in [6.45, 7) is 1.83. The van der Waals surface area contributed by atoms with Gasteiger partial charge in [-0.1, -0.05) is 41.7 Å². The van der Waals surface area contributed by atoms with Crippen LogP contribution in [0.3, 0.4) is 0 Å². The van der Waals surface area contributed by atoms with E-state index in [9.17, 15) is 0 Å². The normalized spacial score (nSPS) is 10.4. The van der Waals surface area contributed by atoms with Gasteiger partial charge in [-0.3, -0.25) is 0 Å². The highest BCUT2D eigenvalue weighted by Crippen LogP contribution is 2.19. The number of methoxy groups -OCH3 is 1. The summed E-state index contributed by atoms with van der Waals surface area (Å²) in [6.07, 6.45) is 2.91. The maximum atomic E-state index is 5.05. The van der Waals surface area contributed by atoms with Gasteiger partial charge >= 0.3 is 0 Å². The van der Waals surface area contributed by atoms with E-state index in [1.165, 1.54) is 10.4 Å². The second-order valence-corrected chi connectivity index (χ2v) is 4.79. The molecule has 1 aromatic heterocycles. The Morgan fingerprint density at radius 3 is 2.82 bits per heavy atom. The van der Waals surface area contributed by atoms with Crippen molar-refractivity contribution >= 4 is 11.3 Å². The van der Waals surface area contributed by atoms with Crippen molar-refractivity contribution in [2.45, 2.75) is 13.0 Å². The first-order chi connectivity index (χ1) is 8.38. The molecule has 0 radical (unpaired) electrons. The van der Waals surface area contributed by atoms with Crippen LogP contribution in [-0.2, 0) is 13.0 Å². The Bertz CT molecular complexity index is 442. The van der Waals surface area contributed by atoms with Crippen LogP contribution in [0.1, 0.15) is 10.4 Å². The molecule has 0 bridgehead atoms.